The summed E-state index contributed by atoms with van der Waals surface area (Å²) >= 11 is 0. The average Bonchev–Trinajstić information content (AvgIpc) is 3.21. The molecule has 3 nitrogen and oxygen atoms in total. The van der Waals surface area contributed by atoms with Crippen LogP contribution < -0.4 is 10.6 Å². The normalized spacial score (nSPS) is 16.2. The molecule has 0 aromatic heterocycles. The molecule has 0 saturated heterocycles. The minimum Gasteiger partial charge on any atom is -0.382 e. The van der Waals surface area contributed by atoms with E-state index in [1.54, 1.807) is 0 Å². The molecule has 1 fully saturated rings. The van der Waals surface area contributed by atoms with E-state index in [0.717, 1.165) is 30.6 Å². The predicted octanol–water partition coefficient (Wildman–Crippen LogP) is 3.88. The number of benzene rings is 1. The van der Waals surface area contributed by atoms with E-state index < -0.39 is 0 Å². The molecule has 0 spiro atoms. The topological polar surface area (TPSA) is 41.1 Å². The van der Waals surface area contributed by atoms with Gasteiger partial charge in [-0.05, 0) is 49.4 Å². The standard InChI is InChI=1S/C16H24N2O/c1-4-15(11(2)3)17-13-7-9-14(10-8-13)18-16(19)12-5-6-12/h7-12,15,17H,4-6H2,1-3H3,(H,18,19). The van der Waals surface area contributed by atoms with Crippen molar-refractivity contribution < 1.29 is 4.79 Å². The SMILES string of the molecule is CCC(Nc1ccc(NC(=O)C2CC2)cc1)C(C)C. The van der Waals surface area contributed by atoms with E-state index in [4.69, 9.17) is 0 Å². The molecule has 0 radical (unpaired) electrons. The summed E-state index contributed by atoms with van der Waals surface area (Å²) < 4.78 is 0. The largest absolute Gasteiger partial charge is 0.382 e. The number of carbonyl (C=O) groups is 1. The van der Waals surface area contributed by atoms with Gasteiger partial charge >= 0.3 is 0 Å². The van der Waals surface area contributed by atoms with Crippen LogP contribution >= 0.6 is 0 Å². The van der Waals surface area contributed by atoms with Gasteiger partial charge in [0.05, 0.1) is 0 Å². The molecule has 1 aromatic carbocycles. The van der Waals surface area contributed by atoms with E-state index in [1.165, 1.54) is 0 Å². The molecule has 0 heterocycles. The molecule has 0 aliphatic heterocycles. The smallest absolute Gasteiger partial charge is 0.227 e. The van der Waals surface area contributed by atoms with Gasteiger partial charge < -0.3 is 10.6 Å². The fraction of sp³-hybridized carbons (Fsp3) is 0.562. The minimum absolute atomic E-state index is 0.161. The Morgan fingerprint density at radius 3 is 2.26 bits per heavy atom. The quantitative estimate of drug-likeness (QED) is 0.815. The lowest BCUT2D eigenvalue weighted by molar-refractivity contribution is -0.117. The van der Waals surface area contributed by atoms with Crippen LogP contribution in [0.2, 0.25) is 0 Å². The summed E-state index contributed by atoms with van der Waals surface area (Å²) in [6.45, 7) is 6.65. The van der Waals surface area contributed by atoms with Crippen molar-refractivity contribution >= 4 is 17.3 Å². The first kappa shape index (κ1) is 13.9. The van der Waals surface area contributed by atoms with E-state index in [1.807, 2.05) is 24.3 Å². The number of nitrogens with one attached hydrogen (secondary N) is 2. The number of anilines is 2. The fourth-order valence-corrected chi connectivity index (χ4v) is 2.19. The Bertz CT molecular complexity index is 421. The number of amides is 1. The van der Waals surface area contributed by atoms with Crippen molar-refractivity contribution in [1.29, 1.82) is 0 Å². The van der Waals surface area contributed by atoms with E-state index in [2.05, 4.69) is 31.4 Å². The predicted molar refractivity (Wildman–Crippen MR) is 80.3 cm³/mol. The Morgan fingerprint density at radius 2 is 1.79 bits per heavy atom. The highest BCUT2D eigenvalue weighted by molar-refractivity contribution is 5.94. The molecular formula is C16H24N2O. The summed E-state index contributed by atoms with van der Waals surface area (Å²) in [5, 5.41) is 6.49. The second kappa shape index (κ2) is 6.09. The first-order valence-corrected chi connectivity index (χ1v) is 7.27. The van der Waals surface area contributed by atoms with Crippen molar-refractivity contribution in [2.24, 2.45) is 11.8 Å². The number of hydrogen-bond donors (Lipinski definition) is 2. The van der Waals surface area contributed by atoms with E-state index in [9.17, 15) is 4.79 Å². The van der Waals surface area contributed by atoms with E-state index >= 15 is 0 Å². The Hall–Kier alpha value is -1.51. The van der Waals surface area contributed by atoms with Gasteiger partial charge in [-0.25, -0.2) is 0 Å². The Balaban J connectivity index is 1.91. The van der Waals surface area contributed by atoms with Crippen LogP contribution in [0.5, 0.6) is 0 Å². The number of rotatable bonds is 6. The summed E-state index contributed by atoms with van der Waals surface area (Å²) in [7, 11) is 0. The second-order valence-electron chi connectivity index (χ2n) is 5.74. The molecule has 0 bridgehead atoms. The summed E-state index contributed by atoms with van der Waals surface area (Å²) in [5.41, 5.74) is 2.00. The maximum Gasteiger partial charge on any atom is 0.227 e. The molecule has 19 heavy (non-hydrogen) atoms. The molecule has 1 aliphatic carbocycles. The highest BCUT2D eigenvalue weighted by Gasteiger charge is 2.29. The zero-order valence-electron chi connectivity index (χ0n) is 12.1. The van der Waals surface area contributed by atoms with Gasteiger partial charge in [-0.2, -0.15) is 0 Å². The van der Waals surface area contributed by atoms with Crippen molar-refractivity contribution in [3.8, 4) is 0 Å². The Labute approximate surface area is 115 Å². The van der Waals surface area contributed by atoms with Gasteiger partial charge in [0.25, 0.3) is 0 Å². The van der Waals surface area contributed by atoms with Crippen LogP contribution in [0.4, 0.5) is 11.4 Å². The molecule has 1 aliphatic rings. The Morgan fingerprint density at radius 1 is 1.21 bits per heavy atom. The van der Waals surface area contributed by atoms with Crippen molar-refractivity contribution in [2.75, 3.05) is 10.6 Å². The zero-order valence-corrected chi connectivity index (χ0v) is 12.1. The van der Waals surface area contributed by atoms with Gasteiger partial charge in [-0.3, -0.25) is 4.79 Å². The summed E-state index contributed by atoms with van der Waals surface area (Å²) in [6, 6.07) is 8.50. The van der Waals surface area contributed by atoms with Gasteiger partial charge in [0.15, 0.2) is 0 Å². The van der Waals surface area contributed by atoms with E-state index in [0.29, 0.717) is 12.0 Å². The van der Waals surface area contributed by atoms with Gasteiger partial charge in [-0.1, -0.05) is 20.8 Å². The van der Waals surface area contributed by atoms with Crippen LogP contribution in [0.3, 0.4) is 0 Å². The van der Waals surface area contributed by atoms with Crippen LogP contribution in [0.1, 0.15) is 40.0 Å². The third-order valence-corrected chi connectivity index (χ3v) is 3.70. The number of carbonyl (C=O) groups excluding carboxylic acids is 1. The van der Waals surface area contributed by atoms with Crippen LogP contribution in [0, 0.1) is 11.8 Å². The fourth-order valence-electron chi connectivity index (χ4n) is 2.19. The first-order valence-electron chi connectivity index (χ1n) is 7.27. The van der Waals surface area contributed by atoms with Crippen LogP contribution in [0.15, 0.2) is 24.3 Å². The lowest BCUT2D eigenvalue weighted by Gasteiger charge is -2.22. The average molecular weight is 260 g/mol. The van der Waals surface area contributed by atoms with E-state index in [-0.39, 0.29) is 11.8 Å². The number of hydrogen-bond acceptors (Lipinski definition) is 2. The molecule has 104 valence electrons. The maximum atomic E-state index is 11.6. The monoisotopic (exact) mass is 260 g/mol. The molecule has 2 rings (SSSR count). The van der Waals surface area contributed by atoms with Gasteiger partial charge in [0.2, 0.25) is 5.91 Å². The van der Waals surface area contributed by atoms with Crippen molar-refractivity contribution in [3.05, 3.63) is 24.3 Å². The second-order valence-corrected chi connectivity index (χ2v) is 5.74. The summed E-state index contributed by atoms with van der Waals surface area (Å²) in [5.74, 6) is 1.02. The van der Waals surface area contributed by atoms with Crippen LogP contribution in [-0.4, -0.2) is 11.9 Å². The van der Waals surface area contributed by atoms with Crippen LogP contribution in [0.25, 0.3) is 0 Å². The third-order valence-electron chi connectivity index (χ3n) is 3.70. The Kier molecular flexibility index (Phi) is 4.46. The minimum atomic E-state index is 0.161. The molecule has 3 heteroatoms. The highest BCUT2D eigenvalue weighted by atomic mass is 16.2. The molecule has 1 amide bonds. The highest BCUT2D eigenvalue weighted by Crippen LogP contribution is 2.30. The van der Waals surface area contributed by atoms with Gasteiger partial charge in [0, 0.05) is 23.3 Å². The van der Waals surface area contributed by atoms with Crippen molar-refractivity contribution in [2.45, 2.75) is 46.1 Å². The molecule has 2 N–H and O–H groups in total. The zero-order chi connectivity index (χ0) is 13.8. The molecule has 1 saturated carbocycles. The lowest BCUT2D eigenvalue weighted by Crippen LogP contribution is -2.24. The molecular weight excluding hydrogens is 236 g/mol. The van der Waals surface area contributed by atoms with Crippen molar-refractivity contribution in [3.63, 3.8) is 0 Å². The third kappa shape index (κ3) is 3.98. The molecule has 1 unspecified atom stereocenters. The van der Waals surface area contributed by atoms with Crippen molar-refractivity contribution in [1.82, 2.24) is 0 Å². The van der Waals surface area contributed by atoms with Crippen LogP contribution in [-0.2, 0) is 4.79 Å². The molecule has 1 atom stereocenters. The maximum absolute atomic E-state index is 11.6. The lowest BCUT2D eigenvalue weighted by atomic mass is 10.0. The van der Waals surface area contributed by atoms with Gasteiger partial charge in [0.1, 0.15) is 0 Å². The molecule has 1 aromatic rings. The summed E-state index contributed by atoms with van der Waals surface area (Å²) in [6.07, 6.45) is 3.19. The van der Waals surface area contributed by atoms with Gasteiger partial charge in [-0.15, -0.1) is 0 Å². The first-order chi connectivity index (χ1) is 9.10. The summed E-state index contributed by atoms with van der Waals surface area (Å²) in [4.78, 5) is 11.6.